The highest BCUT2D eigenvalue weighted by Crippen LogP contribution is 2.16. The van der Waals surface area contributed by atoms with Crippen LogP contribution in [0.5, 0.6) is 0 Å². The highest BCUT2D eigenvalue weighted by molar-refractivity contribution is 5.88. The fourth-order valence-corrected chi connectivity index (χ4v) is 1.02. The summed E-state index contributed by atoms with van der Waals surface area (Å²) < 4.78 is 0. The average Bonchev–Trinajstić information content (AvgIpc) is 2.73. The minimum absolute atomic E-state index is 0.246. The minimum atomic E-state index is -2.05. The summed E-state index contributed by atoms with van der Waals surface area (Å²) in [5, 5.41) is 41.3. The van der Waals surface area contributed by atoms with Gasteiger partial charge in [-0.25, -0.2) is 5.26 Å². The average molecular weight is 308 g/mol. The molecule has 14 nitrogen and oxygen atoms in total. The van der Waals surface area contributed by atoms with E-state index in [0.29, 0.717) is 0 Å². The van der Waals surface area contributed by atoms with E-state index in [1.807, 2.05) is 0 Å². The van der Waals surface area contributed by atoms with Gasteiger partial charge in [0.05, 0.1) is 22.2 Å². The van der Waals surface area contributed by atoms with Crippen LogP contribution < -0.4 is 10.6 Å². The molecule has 1 aliphatic heterocycles. The normalized spacial score (nSPS) is 22.8. The van der Waals surface area contributed by atoms with Crippen LogP contribution in [0.3, 0.4) is 0 Å². The van der Waals surface area contributed by atoms with E-state index >= 15 is 0 Å². The summed E-state index contributed by atoms with van der Waals surface area (Å²) in [5.41, 5.74) is -2.43. The predicted octanol–water partition coefficient (Wildman–Crippen LogP) is -0.431. The molecule has 1 amide bonds. The largest absolute Gasteiger partial charge is 0.370 e. The number of nitro groups is 2. The maximum Gasteiger partial charge on any atom is 0.370 e. The maximum atomic E-state index is 11.2. The molecule has 3 N–H and O–H groups in total. The van der Waals surface area contributed by atoms with E-state index in [4.69, 9.17) is 5.26 Å². The Bertz CT molecular complexity index is 490. The van der Waals surface area contributed by atoms with Gasteiger partial charge in [0.2, 0.25) is 0 Å². The molecule has 1 rings (SSSR count). The fraction of sp³-hybridized carbons (Fsp3) is 0.571. The molecular weight excluding hydrogens is 296 g/mol. The third-order valence-corrected chi connectivity index (χ3v) is 2.20. The van der Waals surface area contributed by atoms with Crippen LogP contribution in [0, 0.1) is 20.2 Å². The van der Waals surface area contributed by atoms with Crippen molar-refractivity contribution < 1.29 is 29.9 Å². The first kappa shape index (κ1) is 18.1. The Morgan fingerprint density at radius 3 is 2.29 bits per heavy atom. The van der Waals surface area contributed by atoms with Crippen LogP contribution in [0.25, 0.3) is 0 Å². The number of carbonyl (C=O) groups is 1. The molecule has 0 aromatic carbocycles. The van der Waals surface area contributed by atoms with Gasteiger partial charge in [-0.15, -0.1) is 0 Å². The van der Waals surface area contributed by atoms with E-state index in [0.717, 1.165) is 13.8 Å². The molecule has 14 heteroatoms. The number of carbonyl (C=O) groups excluding carboxylic acids is 1. The summed E-state index contributed by atoms with van der Waals surface area (Å²) in [5.74, 6) is -1.17. The Kier molecular flexibility index (Phi) is 6.61. The molecule has 0 radical (unpaired) electrons. The quantitative estimate of drug-likeness (QED) is 0.267. The highest BCUT2D eigenvalue weighted by atomic mass is 17.5. The first-order valence-electron chi connectivity index (χ1n) is 5.06. The first-order chi connectivity index (χ1) is 9.70. The molecule has 1 heterocycles. The van der Waals surface area contributed by atoms with Gasteiger partial charge in [-0.1, -0.05) is 0 Å². The Morgan fingerprint density at radius 1 is 1.43 bits per heavy atom. The van der Waals surface area contributed by atoms with E-state index in [-0.39, 0.29) is 11.5 Å². The standard InChI is InChI=1S/C6H8N4O5.CH4N2O3/c1-3(9(12)13)4-7-5(11)6(2,8-4)10(14)15;1-2-3-5-6-4/h8H,1-2H3,(H,7,11);4H,1H3/b4-3+;. The monoisotopic (exact) mass is 308 g/mol. The highest BCUT2D eigenvalue weighted by Gasteiger charge is 2.53. The topological polar surface area (TPSA) is 191 Å². The molecule has 1 atom stereocenters. The van der Waals surface area contributed by atoms with Crippen LogP contribution in [0.2, 0.25) is 0 Å². The molecule has 1 aliphatic rings. The lowest BCUT2D eigenvalue weighted by Gasteiger charge is -2.10. The zero-order valence-electron chi connectivity index (χ0n) is 11.1. The molecule has 21 heavy (non-hydrogen) atoms. The molecule has 0 bridgehead atoms. The second-order valence-electron chi connectivity index (χ2n) is 3.56. The lowest BCUT2D eigenvalue weighted by atomic mass is 10.2. The lowest BCUT2D eigenvalue weighted by molar-refractivity contribution is -0.551. The van der Waals surface area contributed by atoms with Crippen molar-refractivity contribution >= 4 is 5.91 Å². The Balaban J connectivity index is 0.000000567. The second-order valence-corrected chi connectivity index (χ2v) is 3.56. The molecule has 0 aromatic heterocycles. The van der Waals surface area contributed by atoms with Gasteiger partial charge in [0.25, 0.3) is 5.70 Å². The maximum absolute atomic E-state index is 11.2. The second kappa shape index (κ2) is 7.65. The van der Waals surface area contributed by atoms with Gasteiger partial charge < -0.3 is 0 Å². The van der Waals surface area contributed by atoms with E-state index in [9.17, 15) is 25.0 Å². The summed E-state index contributed by atoms with van der Waals surface area (Å²) >= 11 is 0. The van der Waals surface area contributed by atoms with Gasteiger partial charge in [-0.3, -0.25) is 35.7 Å². The van der Waals surface area contributed by atoms with Crippen LogP contribution in [-0.2, 0) is 14.8 Å². The van der Waals surface area contributed by atoms with Crippen LogP contribution in [-0.4, -0.2) is 33.7 Å². The van der Waals surface area contributed by atoms with Crippen LogP contribution in [0.15, 0.2) is 21.9 Å². The van der Waals surface area contributed by atoms with Crippen molar-refractivity contribution in [2.45, 2.75) is 19.5 Å². The van der Waals surface area contributed by atoms with E-state index < -0.39 is 21.4 Å². The van der Waals surface area contributed by atoms with E-state index in [2.05, 4.69) is 31.1 Å². The lowest BCUT2D eigenvalue weighted by Crippen LogP contribution is -2.50. The van der Waals surface area contributed by atoms with Crippen molar-refractivity contribution in [2.75, 3.05) is 7.05 Å². The number of nitrogens with one attached hydrogen (secondary N) is 2. The Hall–Kier alpha value is -2.87. The number of hydrogen-bond acceptors (Lipinski definition) is 11. The molecule has 1 unspecified atom stereocenters. The number of rotatable bonds is 4. The summed E-state index contributed by atoms with van der Waals surface area (Å²) in [6.07, 6.45) is 0. The SMILES string of the molecule is C/C(=C1/NC(=O)C(C)([N+](=O)[O-])N1)[N+](=O)[O-].CN=NOOO. The third kappa shape index (κ3) is 4.62. The number of amides is 1. The molecule has 1 saturated heterocycles. The summed E-state index contributed by atoms with van der Waals surface area (Å²) in [6, 6.07) is 0. The van der Waals surface area contributed by atoms with Crippen molar-refractivity contribution in [1.29, 1.82) is 0 Å². The molecular formula is C7H12N6O8. The zero-order valence-corrected chi connectivity index (χ0v) is 11.1. The zero-order chi connectivity index (χ0) is 16.6. The fourth-order valence-electron chi connectivity index (χ4n) is 1.02. The van der Waals surface area contributed by atoms with Crippen molar-refractivity contribution in [3.8, 4) is 0 Å². The summed E-state index contributed by atoms with van der Waals surface area (Å²) in [7, 11) is 1.37. The van der Waals surface area contributed by atoms with Crippen molar-refractivity contribution in [3.63, 3.8) is 0 Å². The third-order valence-electron chi connectivity index (χ3n) is 2.20. The number of allylic oxidation sites excluding steroid dienone is 1. The Morgan fingerprint density at radius 2 is 2.00 bits per heavy atom. The number of hydrogen-bond donors (Lipinski definition) is 3. The van der Waals surface area contributed by atoms with Crippen molar-refractivity contribution in [3.05, 3.63) is 31.7 Å². The van der Waals surface area contributed by atoms with E-state index in [1.54, 1.807) is 0 Å². The van der Waals surface area contributed by atoms with E-state index in [1.165, 1.54) is 7.05 Å². The predicted molar refractivity (Wildman–Crippen MR) is 62.0 cm³/mol. The molecule has 0 aromatic rings. The minimum Gasteiger partial charge on any atom is -0.299 e. The summed E-state index contributed by atoms with van der Waals surface area (Å²) in [4.78, 5) is 34.0. The molecule has 118 valence electrons. The van der Waals surface area contributed by atoms with Gasteiger partial charge in [-0.05, 0) is 0 Å². The van der Waals surface area contributed by atoms with Gasteiger partial charge in [0.15, 0.2) is 5.82 Å². The van der Waals surface area contributed by atoms with Gasteiger partial charge in [-0.2, -0.15) is 10.1 Å². The van der Waals surface area contributed by atoms with Gasteiger partial charge in [0, 0.05) is 18.9 Å². The van der Waals surface area contributed by atoms with Crippen LogP contribution in [0.1, 0.15) is 13.8 Å². The van der Waals surface area contributed by atoms with Gasteiger partial charge in [0.1, 0.15) is 0 Å². The molecule has 0 spiro atoms. The first-order valence-corrected chi connectivity index (χ1v) is 5.06. The van der Waals surface area contributed by atoms with Crippen molar-refractivity contribution in [2.24, 2.45) is 10.4 Å². The Labute approximate surface area is 116 Å². The summed E-state index contributed by atoms with van der Waals surface area (Å²) in [6.45, 7) is 2.16. The molecule has 1 fully saturated rings. The molecule has 0 saturated carbocycles. The van der Waals surface area contributed by atoms with Gasteiger partial charge >= 0.3 is 11.6 Å². The van der Waals surface area contributed by atoms with Crippen molar-refractivity contribution in [1.82, 2.24) is 10.6 Å². The smallest absolute Gasteiger partial charge is 0.299 e. The van der Waals surface area contributed by atoms with Crippen LogP contribution >= 0.6 is 0 Å². The van der Waals surface area contributed by atoms with Crippen LogP contribution in [0.4, 0.5) is 0 Å². The number of nitrogens with zero attached hydrogens (tertiary/aromatic N) is 4. The molecule has 0 aliphatic carbocycles.